The minimum absolute atomic E-state index is 0.300. The largest absolute Gasteiger partial charge is 0.457 e. The van der Waals surface area contributed by atoms with Gasteiger partial charge in [0, 0.05) is 11.8 Å². The van der Waals surface area contributed by atoms with Crippen molar-refractivity contribution in [3.63, 3.8) is 0 Å². The number of carbonyl (C=O) groups is 2. The van der Waals surface area contributed by atoms with Gasteiger partial charge in [-0.1, -0.05) is 48.0 Å². The highest BCUT2D eigenvalue weighted by molar-refractivity contribution is 7.98. The molecule has 1 unspecified atom stereocenters. The number of thioether (sulfide) groups is 1. The second-order valence-corrected chi connectivity index (χ2v) is 8.11. The maximum Gasteiger partial charge on any atom is 0.253 e. The molecule has 0 aliphatic carbocycles. The zero-order chi connectivity index (χ0) is 22.1. The van der Waals surface area contributed by atoms with Crippen molar-refractivity contribution < 1.29 is 14.3 Å². The van der Waals surface area contributed by atoms with Crippen LogP contribution in [0.4, 0.5) is 5.69 Å². The predicted octanol–water partition coefficient (Wildman–Crippen LogP) is 5.62. The first-order chi connectivity index (χ1) is 15.1. The van der Waals surface area contributed by atoms with Gasteiger partial charge in [0.15, 0.2) is 0 Å². The molecule has 5 nitrogen and oxygen atoms in total. The average molecular weight is 455 g/mol. The van der Waals surface area contributed by atoms with E-state index < -0.39 is 6.04 Å². The monoisotopic (exact) mass is 454 g/mol. The lowest BCUT2D eigenvalue weighted by Gasteiger charge is -2.19. The SMILES string of the molecule is CSCCC(NC(=O)c1ccccc1Cl)C(=O)Nc1cccc(Oc2ccccc2)c1. The Bertz CT molecular complexity index is 1030. The van der Waals surface area contributed by atoms with Crippen LogP contribution in [-0.4, -0.2) is 29.9 Å². The van der Waals surface area contributed by atoms with Gasteiger partial charge in [-0.25, -0.2) is 0 Å². The van der Waals surface area contributed by atoms with Crippen molar-refractivity contribution in [1.82, 2.24) is 5.32 Å². The van der Waals surface area contributed by atoms with E-state index in [9.17, 15) is 9.59 Å². The fraction of sp³-hybridized carbons (Fsp3) is 0.167. The van der Waals surface area contributed by atoms with Crippen molar-refractivity contribution in [3.05, 3.63) is 89.4 Å². The van der Waals surface area contributed by atoms with Gasteiger partial charge in [-0.05, 0) is 54.8 Å². The highest BCUT2D eigenvalue weighted by Crippen LogP contribution is 2.24. The van der Waals surface area contributed by atoms with E-state index in [1.807, 2.05) is 42.7 Å². The molecular weight excluding hydrogens is 432 g/mol. The van der Waals surface area contributed by atoms with E-state index in [-0.39, 0.29) is 11.8 Å². The van der Waals surface area contributed by atoms with E-state index in [2.05, 4.69) is 10.6 Å². The van der Waals surface area contributed by atoms with Gasteiger partial charge in [-0.2, -0.15) is 11.8 Å². The molecule has 0 bridgehead atoms. The highest BCUT2D eigenvalue weighted by atomic mass is 35.5. The molecule has 0 aliphatic heterocycles. The minimum Gasteiger partial charge on any atom is -0.457 e. The molecule has 3 aromatic carbocycles. The summed E-state index contributed by atoms with van der Waals surface area (Å²) >= 11 is 7.73. The van der Waals surface area contributed by atoms with Crippen LogP contribution in [0, 0.1) is 0 Å². The Morgan fingerprint density at radius 2 is 1.68 bits per heavy atom. The Morgan fingerprint density at radius 1 is 0.968 bits per heavy atom. The van der Waals surface area contributed by atoms with E-state index in [1.165, 1.54) is 0 Å². The summed E-state index contributed by atoms with van der Waals surface area (Å²) in [7, 11) is 0. The topological polar surface area (TPSA) is 67.4 Å². The first-order valence-corrected chi connectivity index (χ1v) is 11.5. The van der Waals surface area contributed by atoms with Gasteiger partial charge >= 0.3 is 0 Å². The fourth-order valence-electron chi connectivity index (χ4n) is 2.88. The van der Waals surface area contributed by atoms with Crippen LogP contribution in [-0.2, 0) is 4.79 Å². The number of anilines is 1. The molecule has 31 heavy (non-hydrogen) atoms. The van der Waals surface area contributed by atoms with Crippen molar-refractivity contribution in [2.24, 2.45) is 0 Å². The first-order valence-electron chi connectivity index (χ1n) is 9.75. The molecule has 7 heteroatoms. The van der Waals surface area contributed by atoms with E-state index in [0.717, 1.165) is 5.75 Å². The van der Waals surface area contributed by atoms with Crippen molar-refractivity contribution in [2.45, 2.75) is 12.5 Å². The third-order valence-electron chi connectivity index (χ3n) is 4.43. The standard InChI is InChI=1S/C24H23ClN2O3S/c1-31-15-14-22(27-23(28)20-12-5-6-13-21(20)25)24(29)26-17-8-7-11-19(16-17)30-18-9-3-2-4-10-18/h2-13,16,22H,14-15H2,1H3,(H,26,29)(H,27,28). The summed E-state index contributed by atoms with van der Waals surface area (Å²) in [5, 5.41) is 6.02. The van der Waals surface area contributed by atoms with Gasteiger partial charge in [0.2, 0.25) is 5.91 Å². The Kier molecular flexibility index (Phi) is 8.38. The second-order valence-electron chi connectivity index (χ2n) is 6.72. The number of ether oxygens (including phenoxy) is 1. The molecule has 3 aromatic rings. The number of hydrogen-bond acceptors (Lipinski definition) is 4. The van der Waals surface area contributed by atoms with E-state index in [0.29, 0.717) is 34.2 Å². The van der Waals surface area contributed by atoms with Crippen LogP contribution in [0.25, 0.3) is 0 Å². The number of hydrogen-bond donors (Lipinski definition) is 2. The van der Waals surface area contributed by atoms with Gasteiger partial charge < -0.3 is 15.4 Å². The van der Waals surface area contributed by atoms with Crippen LogP contribution in [0.3, 0.4) is 0 Å². The summed E-state index contributed by atoms with van der Waals surface area (Å²) in [4.78, 5) is 25.6. The maximum atomic E-state index is 12.9. The van der Waals surface area contributed by atoms with Crippen LogP contribution in [0.15, 0.2) is 78.9 Å². The Morgan fingerprint density at radius 3 is 2.42 bits per heavy atom. The molecule has 0 aliphatic rings. The molecule has 1 atom stereocenters. The number of benzene rings is 3. The normalized spacial score (nSPS) is 11.4. The summed E-state index contributed by atoms with van der Waals surface area (Å²) in [6.07, 6.45) is 2.44. The number of carbonyl (C=O) groups excluding carboxylic acids is 2. The van der Waals surface area contributed by atoms with E-state index >= 15 is 0 Å². The van der Waals surface area contributed by atoms with Gasteiger partial charge in [0.05, 0.1) is 10.6 Å². The number of para-hydroxylation sites is 1. The molecule has 0 saturated carbocycles. The van der Waals surface area contributed by atoms with Crippen LogP contribution in [0.5, 0.6) is 11.5 Å². The highest BCUT2D eigenvalue weighted by Gasteiger charge is 2.22. The third-order valence-corrected chi connectivity index (χ3v) is 5.40. The summed E-state index contributed by atoms with van der Waals surface area (Å²) in [5.41, 5.74) is 0.920. The smallest absolute Gasteiger partial charge is 0.253 e. The van der Waals surface area contributed by atoms with E-state index in [4.69, 9.17) is 16.3 Å². The second kappa shape index (κ2) is 11.4. The predicted molar refractivity (Wildman–Crippen MR) is 127 cm³/mol. The van der Waals surface area contributed by atoms with Crippen molar-refractivity contribution in [3.8, 4) is 11.5 Å². The molecule has 3 rings (SSSR count). The van der Waals surface area contributed by atoms with Crippen molar-refractivity contribution in [2.75, 3.05) is 17.3 Å². The minimum atomic E-state index is -0.699. The Labute approximate surface area is 191 Å². The molecule has 0 heterocycles. The number of halogens is 1. The quantitative estimate of drug-likeness (QED) is 0.440. The Balaban J connectivity index is 1.69. The lowest BCUT2D eigenvalue weighted by Crippen LogP contribution is -2.44. The molecule has 2 N–H and O–H groups in total. The number of nitrogens with one attached hydrogen (secondary N) is 2. The molecule has 0 spiro atoms. The summed E-state index contributed by atoms with van der Waals surface area (Å²) < 4.78 is 5.82. The number of amides is 2. The molecule has 2 amide bonds. The summed E-state index contributed by atoms with van der Waals surface area (Å²) in [6, 6.07) is 22.6. The molecule has 0 saturated heterocycles. The Hall–Kier alpha value is -2.96. The average Bonchev–Trinajstić information content (AvgIpc) is 2.77. The van der Waals surface area contributed by atoms with Gasteiger partial charge in [-0.15, -0.1) is 0 Å². The van der Waals surface area contributed by atoms with Crippen molar-refractivity contribution >= 4 is 40.9 Å². The summed E-state index contributed by atoms with van der Waals surface area (Å²) in [6.45, 7) is 0. The zero-order valence-corrected chi connectivity index (χ0v) is 18.6. The van der Waals surface area contributed by atoms with Crippen LogP contribution < -0.4 is 15.4 Å². The van der Waals surface area contributed by atoms with Crippen LogP contribution in [0.1, 0.15) is 16.8 Å². The third kappa shape index (κ3) is 6.77. The van der Waals surface area contributed by atoms with E-state index in [1.54, 1.807) is 54.2 Å². The molecule has 160 valence electrons. The molecule has 0 radical (unpaired) electrons. The fourth-order valence-corrected chi connectivity index (χ4v) is 3.57. The maximum absolute atomic E-state index is 12.9. The van der Waals surface area contributed by atoms with Gasteiger partial charge in [0.25, 0.3) is 5.91 Å². The first kappa shape index (κ1) is 22.7. The van der Waals surface area contributed by atoms with Crippen molar-refractivity contribution in [1.29, 1.82) is 0 Å². The molecular formula is C24H23ClN2O3S. The molecule has 0 fully saturated rings. The van der Waals surface area contributed by atoms with Gasteiger partial charge in [-0.3, -0.25) is 9.59 Å². The zero-order valence-electron chi connectivity index (χ0n) is 17.0. The lowest BCUT2D eigenvalue weighted by atomic mass is 10.1. The van der Waals surface area contributed by atoms with Crippen LogP contribution >= 0.6 is 23.4 Å². The molecule has 0 aromatic heterocycles. The van der Waals surface area contributed by atoms with Crippen LogP contribution in [0.2, 0.25) is 5.02 Å². The summed E-state index contributed by atoms with van der Waals surface area (Å²) in [5.74, 6) is 1.35. The lowest BCUT2D eigenvalue weighted by molar-refractivity contribution is -0.118. The van der Waals surface area contributed by atoms with Gasteiger partial charge in [0.1, 0.15) is 17.5 Å². The number of rotatable bonds is 9.